The fourth-order valence-electron chi connectivity index (χ4n) is 2.96. The summed E-state index contributed by atoms with van der Waals surface area (Å²) in [4.78, 5) is 0. The molecular formula is C19H23N. The molecule has 0 saturated carbocycles. The molecule has 104 valence electrons. The van der Waals surface area contributed by atoms with Crippen LogP contribution in [0.5, 0.6) is 0 Å². The first-order valence-electron chi connectivity index (χ1n) is 7.78. The summed E-state index contributed by atoms with van der Waals surface area (Å²) in [6, 6.07) is 15.3. The maximum atomic E-state index is 3.57. The van der Waals surface area contributed by atoms with E-state index >= 15 is 0 Å². The predicted octanol–water partition coefficient (Wildman–Crippen LogP) is 4.82. The number of hydrogen-bond acceptors (Lipinski definition) is 1. The molecule has 0 saturated heterocycles. The second-order valence-corrected chi connectivity index (χ2v) is 5.72. The van der Waals surface area contributed by atoms with Crippen LogP contribution in [0.1, 0.15) is 37.7 Å². The molecule has 0 atom stereocenters. The molecule has 0 fully saturated rings. The van der Waals surface area contributed by atoms with Gasteiger partial charge in [0.05, 0.1) is 0 Å². The summed E-state index contributed by atoms with van der Waals surface area (Å²) >= 11 is 0. The van der Waals surface area contributed by atoms with Gasteiger partial charge in [-0.15, -0.1) is 0 Å². The molecule has 3 rings (SSSR count). The second-order valence-electron chi connectivity index (χ2n) is 5.72. The first-order chi connectivity index (χ1) is 9.92. The average Bonchev–Trinajstić information content (AvgIpc) is 2.52. The largest absolute Gasteiger partial charge is 0.312 e. The van der Waals surface area contributed by atoms with Crippen molar-refractivity contribution in [3.63, 3.8) is 0 Å². The molecule has 0 heterocycles. The van der Waals surface area contributed by atoms with Crippen LogP contribution in [0.3, 0.4) is 0 Å². The van der Waals surface area contributed by atoms with Crippen LogP contribution in [0.15, 0.2) is 54.1 Å². The van der Waals surface area contributed by atoms with Gasteiger partial charge in [-0.1, -0.05) is 48.0 Å². The number of benzene rings is 2. The molecule has 2 aromatic rings. The predicted molar refractivity (Wildman–Crippen MR) is 86.8 cm³/mol. The smallest absolute Gasteiger partial charge is 0.0205 e. The molecule has 0 aromatic heterocycles. The van der Waals surface area contributed by atoms with E-state index in [-0.39, 0.29) is 0 Å². The van der Waals surface area contributed by atoms with Crippen LogP contribution in [0, 0.1) is 0 Å². The van der Waals surface area contributed by atoms with Crippen molar-refractivity contribution in [3.8, 4) is 0 Å². The topological polar surface area (TPSA) is 12.0 Å². The minimum absolute atomic E-state index is 0.970. The number of allylic oxidation sites excluding steroid dienone is 1. The van der Waals surface area contributed by atoms with E-state index < -0.39 is 0 Å². The molecule has 0 spiro atoms. The summed E-state index contributed by atoms with van der Waals surface area (Å²) in [5, 5.41) is 6.23. The lowest BCUT2D eigenvalue weighted by Gasteiger charge is -2.13. The lowest BCUT2D eigenvalue weighted by atomic mass is 9.97. The minimum Gasteiger partial charge on any atom is -0.312 e. The first-order valence-corrected chi connectivity index (χ1v) is 7.78. The van der Waals surface area contributed by atoms with Crippen molar-refractivity contribution in [2.24, 2.45) is 0 Å². The normalized spacial score (nSPS) is 15.3. The van der Waals surface area contributed by atoms with E-state index in [9.17, 15) is 0 Å². The highest BCUT2D eigenvalue weighted by Gasteiger charge is 2.03. The lowest BCUT2D eigenvalue weighted by Crippen LogP contribution is -2.15. The number of fused-ring (bicyclic) bond motifs is 1. The molecule has 1 aliphatic rings. The summed E-state index contributed by atoms with van der Waals surface area (Å²) in [6.45, 7) is 2.07. The van der Waals surface area contributed by atoms with E-state index in [0.717, 1.165) is 13.1 Å². The van der Waals surface area contributed by atoms with Crippen molar-refractivity contribution in [1.29, 1.82) is 0 Å². The zero-order valence-corrected chi connectivity index (χ0v) is 12.1. The lowest BCUT2D eigenvalue weighted by molar-refractivity contribution is 0.632. The highest BCUT2D eigenvalue weighted by Crippen LogP contribution is 2.19. The molecule has 0 bridgehead atoms. The van der Waals surface area contributed by atoms with Crippen LogP contribution in [0.2, 0.25) is 0 Å². The number of nitrogens with one attached hydrogen (secondary N) is 1. The monoisotopic (exact) mass is 265 g/mol. The zero-order valence-electron chi connectivity index (χ0n) is 12.1. The maximum Gasteiger partial charge on any atom is 0.0205 e. The van der Waals surface area contributed by atoms with Gasteiger partial charge in [-0.25, -0.2) is 0 Å². The van der Waals surface area contributed by atoms with E-state index in [1.54, 1.807) is 5.57 Å². The van der Waals surface area contributed by atoms with Gasteiger partial charge in [0, 0.05) is 6.54 Å². The summed E-state index contributed by atoms with van der Waals surface area (Å²) < 4.78 is 0. The molecule has 1 N–H and O–H groups in total. The fourth-order valence-corrected chi connectivity index (χ4v) is 2.96. The van der Waals surface area contributed by atoms with Gasteiger partial charge < -0.3 is 5.32 Å². The van der Waals surface area contributed by atoms with Crippen LogP contribution in [0.4, 0.5) is 0 Å². The molecule has 0 aliphatic heterocycles. The Bertz CT molecular complexity index is 597. The molecule has 1 aliphatic carbocycles. The van der Waals surface area contributed by atoms with Crippen molar-refractivity contribution in [2.75, 3.05) is 6.54 Å². The molecule has 0 radical (unpaired) electrons. The van der Waals surface area contributed by atoms with Gasteiger partial charge in [-0.05, 0) is 61.1 Å². The number of hydrogen-bond donors (Lipinski definition) is 1. The molecule has 0 amide bonds. The van der Waals surface area contributed by atoms with Gasteiger partial charge in [-0.2, -0.15) is 0 Å². The van der Waals surface area contributed by atoms with Gasteiger partial charge in [0.1, 0.15) is 0 Å². The van der Waals surface area contributed by atoms with Crippen molar-refractivity contribution in [1.82, 2.24) is 5.32 Å². The van der Waals surface area contributed by atoms with E-state index in [2.05, 4.69) is 53.9 Å². The molecule has 20 heavy (non-hydrogen) atoms. The Labute approximate surface area is 121 Å². The van der Waals surface area contributed by atoms with Crippen molar-refractivity contribution in [2.45, 2.75) is 38.6 Å². The van der Waals surface area contributed by atoms with Gasteiger partial charge >= 0.3 is 0 Å². The molecule has 1 heteroatoms. The highest BCUT2D eigenvalue weighted by atomic mass is 14.8. The van der Waals surface area contributed by atoms with Gasteiger partial charge in [0.15, 0.2) is 0 Å². The van der Waals surface area contributed by atoms with E-state index in [4.69, 9.17) is 0 Å². The van der Waals surface area contributed by atoms with Crippen molar-refractivity contribution >= 4 is 10.8 Å². The van der Waals surface area contributed by atoms with Crippen LogP contribution < -0.4 is 5.32 Å². The van der Waals surface area contributed by atoms with Gasteiger partial charge in [-0.3, -0.25) is 0 Å². The van der Waals surface area contributed by atoms with E-state index in [0.29, 0.717) is 0 Å². The zero-order chi connectivity index (χ0) is 13.6. The molecule has 1 nitrogen and oxygen atoms in total. The Morgan fingerprint density at radius 3 is 2.70 bits per heavy atom. The van der Waals surface area contributed by atoms with Crippen LogP contribution in [-0.2, 0) is 6.54 Å². The fraction of sp³-hybridized carbons (Fsp3) is 0.368. The third-order valence-corrected chi connectivity index (χ3v) is 4.15. The standard InChI is InChI=1S/C19H23N/c1-2-6-16(7-3-1)12-13-20-15-17-10-11-18-8-4-5-9-19(18)14-17/h4-6,8-11,14,20H,1-3,7,12-13,15H2. The molecule has 2 aromatic carbocycles. The maximum absolute atomic E-state index is 3.57. The second kappa shape index (κ2) is 6.71. The summed E-state index contributed by atoms with van der Waals surface area (Å²) in [5.74, 6) is 0. The Morgan fingerprint density at radius 1 is 0.950 bits per heavy atom. The van der Waals surface area contributed by atoms with E-state index in [1.807, 2.05) is 0 Å². The quantitative estimate of drug-likeness (QED) is 0.603. The average molecular weight is 265 g/mol. The van der Waals surface area contributed by atoms with Crippen LogP contribution in [0.25, 0.3) is 10.8 Å². The van der Waals surface area contributed by atoms with E-state index in [1.165, 1.54) is 48.4 Å². The van der Waals surface area contributed by atoms with Crippen molar-refractivity contribution in [3.05, 3.63) is 59.7 Å². The Kier molecular flexibility index (Phi) is 4.49. The van der Waals surface area contributed by atoms with Crippen molar-refractivity contribution < 1.29 is 0 Å². The van der Waals surface area contributed by atoms with Gasteiger partial charge in [0.2, 0.25) is 0 Å². The Hall–Kier alpha value is -1.60. The Morgan fingerprint density at radius 2 is 1.85 bits per heavy atom. The molecule has 0 unspecified atom stereocenters. The summed E-state index contributed by atoms with van der Waals surface area (Å²) in [6.07, 6.45) is 9.04. The highest BCUT2D eigenvalue weighted by molar-refractivity contribution is 5.82. The van der Waals surface area contributed by atoms with Gasteiger partial charge in [0.25, 0.3) is 0 Å². The third kappa shape index (κ3) is 3.49. The summed E-state index contributed by atoms with van der Waals surface area (Å²) in [5.41, 5.74) is 3.03. The third-order valence-electron chi connectivity index (χ3n) is 4.15. The minimum atomic E-state index is 0.970. The summed E-state index contributed by atoms with van der Waals surface area (Å²) in [7, 11) is 0. The first kappa shape index (κ1) is 13.4. The SMILES string of the molecule is C1=C(CCNCc2ccc3ccccc3c2)CCCC1. The Balaban J connectivity index is 1.50. The number of rotatable bonds is 5. The van der Waals surface area contributed by atoms with Crippen LogP contribution >= 0.6 is 0 Å². The van der Waals surface area contributed by atoms with Crippen LogP contribution in [-0.4, -0.2) is 6.54 Å². The molecular weight excluding hydrogens is 242 g/mol.